The predicted octanol–water partition coefficient (Wildman–Crippen LogP) is 2.08. The van der Waals surface area contributed by atoms with Crippen LogP contribution >= 0.6 is 24.2 Å². The van der Waals surface area contributed by atoms with Gasteiger partial charge in [0, 0.05) is 10.6 Å². The van der Waals surface area contributed by atoms with Crippen LogP contribution in [0.3, 0.4) is 0 Å². The van der Waals surface area contributed by atoms with E-state index in [0.29, 0.717) is 10.6 Å². The second-order valence-corrected chi connectivity index (χ2v) is 3.24. The molecular formula is C5H9ClS. The summed E-state index contributed by atoms with van der Waals surface area (Å²) in [5, 5.41) is 0.824. The van der Waals surface area contributed by atoms with Crippen LogP contribution in [0.2, 0.25) is 0 Å². The summed E-state index contributed by atoms with van der Waals surface area (Å²) >= 11 is 10.0. The highest BCUT2D eigenvalue weighted by Gasteiger charge is 2.20. The minimum absolute atomic E-state index is 0.350. The first kappa shape index (κ1) is 5.77. The fraction of sp³-hybridized carbons (Fsp3) is 1.00. The summed E-state index contributed by atoms with van der Waals surface area (Å²) in [4.78, 5) is 0. The van der Waals surface area contributed by atoms with Gasteiger partial charge in [0.2, 0.25) is 0 Å². The van der Waals surface area contributed by atoms with Crippen LogP contribution in [0.4, 0.5) is 0 Å². The lowest BCUT2D eigenvalue weighted by molar-refractivity contribution is 0.889. The van der Waals surface area contributed by atoms with E-state index < -0.39 is 0 Å². The minimum Gasteiger partial charge on any atom is -0.174 e. The summed E-state index contributed by atoms with van der Waals surface area (Å²) in [6.45, 7) is 0. The summed E-state index contributed by atoms with van der Waals surface area (Å²) in [5.41, 5.74) is 0. The van der Waals surface area contributed by atoms with Crippen molar-refractivity contribution in [1.82, 2.24) is 0 Å². The van der Waals surface area contributed by atoms with E-state index in [1.54, 1.807) is 0 Å². The van der Waals surface area contributed by atoms with Gasteiger partial charge in [0.25, 0.3) is 0 Å². The molecule has 0 amide bonds. The van der Waals surface area contributed by atoms with Gasteiger partial charge >= 0.3 is 0 Å². The van der Waals surface area contributed by atoms with Crippen molar-refractivity contribution >= 4 is 24.2 Å². The van der Waals surface area contributed by atoms with E-state index in [2.05, 4.69) is 12.6 Å². The van der Waals surface area contributed by atoms with E-state index in [0.717, 1.165) is 6.42 Å². The molecule has 7 heavy (non-hydrogen) atoms. The molecule has 0 aromatic heterocycles. The second-order valence-electron chi connectivity index (χ2n) is 2.01. The Kier molecular flexibility index (Phi) is 1.87. The molecule has 0 bridgehead atoms. The van der Waals surface area contributed by atoms with Crippen LogP contribution in [0.5, 0.6) is 0 Å². The molecule has 1 aliphatic carbocycles. The topological polar surface area (TPSA) is 0 Å². The predicted molar refractivity (Wildman–Crippen MR) is 36.3 cm³/mol. The standard InChI is InChI=1S/C5H9ClS/c6-4-2-1-3-5(4)7/h4-5,7H,1-3H2. The summed E-state index contributed by atoms with van der Waals surface area (Å²) in [7, 11) is 0. The molecule has 1 fully saturated rings. The summed E-state index contributed by atoms with van der Waals surface area (Å²) in [5.74, 6) is 0. The number of alkyl halides is 1. The van der Waals surface area contributed by atoms with Crippen molar-refractivity contribution in [3.63, 3.8) is 0 Å². The molecule has 0 nitrogen and oxygen atoms in total. The number of rotatable bonds is 0. The van der Waals surface area contributed by atoms with Crippen LogP contribution in [-0.4, -0.2) is 10.6 Å². The van der Waals surface area contributed by atoms with Gasteiger partial charge in [-0.15, -0.1) is 11.6 Å². The van der Waals surface area contributed by atoms with Crippen molar-refractivity contribution in [3.8, 4) is 0 Å². The highest BCUT2D eigenvalue weighted by molar-refractivity contribution is 7.81. The van der Waals surface area contributed by atoms with Gasteiger partial charge in [-0.3, -0.25) is 0 Å². The van der Waals surface area contributed by atoms with Gasteiger partial charge in [-0.25, -0.2) is 0 Å². The lowest BCUT2D eigenvalue weighted by Gasteiger charge is -2.01. The monoisotopic (exact) mass is 136 g/mol. The molecule has 0 saturated heterocycles. The Morgan fingerprint density at radius 2 is 2.14 bits per heavy atom. The molecule has 1 aliphatic rings. The zero-order chi connectivity index (χ0) is 5.28. The maximum absolute atomic E-state index is 5.79. The van der Waals surface area contributed by atoms with Crippen molar-refractivity contribution in [3.05, 3.63) is 0 Å². The average Bonchev–Trinajstić information content (AvgIpc) is 1.91. The van der Waals surface area contributed by atoms with E-state index in [4.69, 9.17) is 11.6 Å². The van der Waals surface area contributed by atoms with E-state index >= 15 is 0 Å². The molecule has 0 aromatic carbocycles. The van der Waals surface area contributed by atoms with Crippen molar-refractivity contribution in [2.75, 3.05) is 0 Å². The van der Waals surface area contributed by atoms with Crippen molar-refractivity contribution in [1.29, 1.82) is 0 Å². The third-order valence-electron chi connectivity index (χ3n) is 1.40. The van der Waals surface area contributed by atoms with Crippen LogP contribution in [0.25, 0.3) is 0 Å². The van der Waals surface area contributed by atoms with Crippen LogP contribution in [-0.2, 0) is 0 Å². The Hall–Kier alpha value is 0.640. The van der Waals surface area contributed by atoms with Crippen LogP contribution < -0.4 is 0 Å². The number of thiol groups is 1. The summed E-state index contributed by atoms with van der Waals surface area (Å²) in [6.07, 6.45) is 3.63. The minimum atomic E-state index is 0.350. The zero-order valence-corrected chi connectivity index (χ0v) is 5.75. The molecular weight excluding hydrogens is 128 g/mol. The first-order chi connectivity index (χ1) is 3.30. The highest BCUT2D eigenvalue weighted by atomic mass is 35.5. The maximum Gasteiger partial charge on any atom is 0.0452 e. The Balaban J connectivity index is 2.33. The Bertz CT molecular complexity index is 57.1. The molecule has 0 radical (unpaired) electrons. The zero-order valence-electron chi connectivity index (χ0n) is 4.10. The Morgan fingerprint density at radius 3 is 2.29 bits per heavy atom. The van der Waals surface area contributed by atoms with Gasteiger partial charge in [-0.1, -0.05) is 6.42 Å². The van der Waals surface area contributed by atoms with Gasteiger partial charge in [-0.05, 0) is 12.8 Å². The molecule has 0 spiro atoms. The normalized spacial score (nSPS) is 42.0. The van der Waals surface area contributed by atoms with Crippen LogP contribution in [0.15, 0.2) is 0 Å². The van der Waals surface area contributed by atoms with Gasteiger partial charge < -0.3 is 0 Å². The Morgan fingerprint density at radius 1 is 1.43 bits per heavy atom. The molecule has 1 saturated carbocycles. The SMILES string of the molecule is SC1CCCC1Cl. The van der Waals surface area contributed by atoms with Crippen molar-refractivity contribution in [2.24, 2.45) is 0 Å². The molecule has 0 N–H and O–H groups in total. The van der Waals surface area contributed by atoms with Crippen LogP contribution in [0.1, 0.15) is 19.3 Å². The van der Waals surface area contributed by atoms with E-state index in [-0.39, 0.29) is 0 Å². The maximum atomic E-state index is 5.79. The number of hydrogen-bond donors (Lipinski definition) is 1. The average molecular weight is 137 g/mol. The summed E-state index contributed by atoms with van der Waals surface area (Å²) in [6, 6.07) is 0. The Labute approximate surface area is 54.7 Å². The third kappa shape index (κ3) is 1.26. The quantitative estimate of drug-likeness (QED) is 0.383. The van der Waals surface area contributed by atoms with Gasteiger partial charge in [0.15, 0.2) is 0 Å². The van der Waals surface area contributed by atoms with E-state index in [9.17, 15) is 0 Å². The molecule has 2 heteroatoms. The summed E-state index contributed by atoms with van der Waals surface area (Å²) < 4.78 is 0. The first-order valence-electron chi connectivity index (χ1n) is 2.63. The smallest absolute Gasteiger partial charge is 0.0452 e. The van der Waals surface area contributed by atoms with Gasteiger partial charge in [0.1, 0.15) is 0 Å². The van der Waals surface area contributed by atoms with E-state index in [1.807, 2.05) is 0 Å². The second kappa shape index (κ2) is 2.27. The van der Waals surface area contributed by atoms with Crippen molar-refractivity contribution in [2.45, 2.75) is 29.9 Å². The lowest BCUT2D eigenvalue weighted by atomic mass is 10.4. The highest BCUT2D eigenvalue weighted by Crippen LogP contribution is 2.27. The molecule has 0 aromatic rings. The molecule has 0 heterocycles. The largest absolute Gasteiger partial charge is 0.174 e. The molecule has 2 unspecified atom stereocenters. The molecule has 1 rings (SSSR count). The van der Waals surface area contributed by atoms with Gasteiger partial charge in [-0.2, -0.15) is 12.6 Å². The molecule has 42 valence electrons. The van der Waals surface area contributed by atoms with Crippen LogP contribution in [0, 0.1) is 0 Å². The number of halogens is 1. The molecule has 0 aliphatic heterocycles. The van der Waals surface area contributed by atoms with E-state index in [1.165, 1.54) is 12.8 Å². The third-order valence-corrected chi connectivity index (χ3v) is 2.71. The van der Waals surface area contributed by atoms with Crippen molar-refractivity contribution < 1.29 is 0 Å². The molecule has 2 atom stereocenters. The lowest BCUT2D eigenvalue weighted by Crippen LogP contribution is -2.03. The fourth-order valence-electron chi connectivity index (χ4n) is 0.895. The number of hydrogen-bond acceptors (Lipinski definition) is 1. The first-order valence-corrected chi connectivity index (χ1v) is 3.58. The van der Waals surface area contributed by atoms with Gasteiger partial charge in [0.05, 0.1) is 0 Å². The fourth-order valence-corrected chi connectivity index (χ4v) is 1.51.